The maximum atomic E-state index is 10.3. The molecule has 0 aromatic heterocycles. The highest BCUT2D eigenvalue weighted by atomic mass is 16.5. The molecule has 1 aromatic carbocycles. The third kappa shape index (κ3) is 5.17. The van der Waals surface area contributed by atoms with Crippen LogP contribution in [0.1, 0.15) is 5.56 Å². The molecule has 5 N–H and O–H groups in total. The summed E-state index contributed by atoms with van der Waals surface area (Å²) in [6, 6.07) is 6.71. The Bertz CT molecular complexity index is 453. The topological polar surface area (TPSA) is 123 Å². The molecule has 1 rings (SSSR count). The van der Waals surface area contributed by atoms with Gasteiger partial charge in [0, 0.05) is 0 Å². The average molecular weight is 236 g/mol. The standard InChI is InChI=1S/C10H12N4O3/c11-10(12)14-13-5-7-2-1-3-8(4-7)17-6-9(15)16/h1-5H,6H2,(H,15,16)(H4,11,12,14)/b13-5+. The van der Waals surface area contributed by atoms with E-state index in [4.69, 9.17) is 21.3 Å². The molecule has 0 aliphatic heterocycles. The third-order valence-electron chi connectivity index (χ3n) is 1.60. The van der Waals surface area contributed by atoms with E-state index in [0.29, 0.717) is 11.3 Å². The van der Waals surface area contributed by atoms with Crippen LogP contribution in [0.3, 0.4) is 0 Å². The van der Waals surface area contributed by atoms with Gasteiger partial charge in [-0.3, -0.25) is 0 Å². The molecule has 0 bridgehead atoms. The first kappa shape index (κ1) is 12.5. The van der Waals surface area contributed by atoms with Crippen molar-refractivity contribution in [3.05, 3.63) is 29.8 Å². The van der Waals surface area contributed by atoms with Gasteiger partial charge >= 0.3 is 5.97 Å². The molecule has 0 aliphatic rings. The summed E-state index contributed by atoms with van der Waals surface area (Å²) in [5.41, 5.74) is 10.9. The SMILES string of the molecule is NC(N)=N/N=C/c1cccc(OCC(=O)O)c1. The maximum Gasteiger partial charge on any atom is 0.341 e. The highest BCUT2D eigenvalue weighted by Crippen LogP contribution is 2.11. The van der Waals surface area contributed by atoms with E-state index in [1.807, 2.05) is 0 Å². The summed E-state index contributed by atoms with van der Waals surface area (Å²) in [4.78, 5) is 10.3. The minimum absolute atomic E-state index is 0.139. The van der Waals surface area contributed by atoms with E-state index in [0.717, 1.165) is 0 Å². The predicted octanol–water partition coefficient (Wildman–Crippen LogP) is -0.243. The number of guanidine groups is 1. The monoisotopic (exact) mass is 236 g/mol. The Morgan fingerprint density at radius 1 is 1.47 bits per heavy atom. The van der Waals surface area contributed by atoms with Gasteiger partial charge in [0.15, 0.2) is 6.61 Å². The van der Waals surface area contributed by atoms with Crippen LogP contribution in [0, 0.1) is 0 Å². The van der Waals surface area contributed by atoms with Gasteiger partial charge in [0.2, 0.25) is 5.96 Å². The number of benzene rings is 1. The number of hydrogen-bond acceptors (Lipinski definition) is 4. The lowest BCUT2D eigenvalue weighted by Crippen LogP contribution is -2.21. The molecular formula is C10H12N4O3. The fraction of sp³-hybridized carbons (Fsp3) is 0.100. The van der Waals surface area contributed by atoms with E-state index >= 15 is 0 Å². The molecule has 1 aromatic rings. The number of rotatable bonds is 5. The molecule has 0 saturated carbocycles. The number of carboxylic acids is 1. The van der Waals surface area contributed by atoms with Crippen LogP contribution in [0.4, 0.5) is 0 Å². The second kappa shape index (κ2) is 6.11. The number of nitrogens with zero attached hydrogens (tertiary/aromatic N) is 2. The van der Waals surface area contributed by atoms with Crippen molar-refractivity contribution < 1.29 is 14.6 Å². The van der Waals surface area contributed by atoms with Gasteiger partial charge in [-0.1, -0.05) is 12.1 Å². The summed E-state index contributed by atoms with van der Waals surface area (Å²) in [6.45, 7) is -0.394. The number of nitrogens with two attached hydrogens (primary N) is 2. The summed E-state index contributed by atoms with van der Waals surface area (Å²) in [7, 11) is 0. The van der Waals surface area contributed by atoms with Crippen LogP contribution in [0.15, 0.2) is 34.5 Å². The summed E-state index contributed by atoms with van der Waals surface area (Å²) in [6.07, 6.45) is 1.42. The van der Waals surface area contributed by atoms with Crippen molar-refractivity contribution in [3.8, 4) is 5.75 Å². The van der Waals surface area contributed by atoms with Gasteiger partial charge in [-0.15, -0.1) is 5.10 Å². The summed E-state index contributed by atoms with van der Waals surface area (Å²) in [5, 5.41) is 15.5. The molecule has 0 fully saturated rings. The Kier molecular flexibility index (Phi) is 4.49. The lowest BCUT2D eigenvalue weighted by Gasteiger charge is -2.02. The maximum absolute atomic E-state index is 10.3. The predicted molar refractivity (Wildman–Crippen MR) is 63.0 cm³/mol. The van der Waals surface area contributed by atoms with Crippen LogP contribution in [0.2, 0.25) is 0 Å². The highest BCUT2D eigenvalue weighted by molar-refractivity contribution is 5.82. The van der Waals surface area contributed by atoms with Crippen LogP contribution < -0.4 is 16.2 Å². The quantitative estimate of drug-likeness (QED) is 0.369. The minimum Gasteiger partial charge on any atom is -0.482 e. The molecule has 0 unspecified atom stereocenters. The van der Waals surface area contributed by atoms with Crippen molar-refractivity contribution >= 4 is 18.1 Å². The van der Waals surface area contributed by atoms with Crippen molar-refractivity contribution in [1.82, 2.24) is 0 Å². The van der Waals surface area contributed by atoms with Gasteiger partial charge in [-0.05, 0) is 17.7 Å². The largest absolute Gasteiger partial charge is 0.482 e. The van der Waals surface area contributed by atoms with Gasteiger partial charge in [0.25, 0.3) is 0 Å². The van der Waals surface area contributed by atoms with E-state index in [-0.39, 0.29) is 5.96 Å². The highest BCUT2D eigenvalue weighted by Gasteiger charge is 1.99. The van der Waals surface area contributed by atoms with Gasteiger partial charge in [-0.25, -0.2) is 4.79 Å². The van der Waals surface area contributed by atoms with Crippen LogP contribution in [0.5, 0.6) is 5.75 Å². The molecule has 0 atom stereocenters. The molecule has 7 heteroatoms. The van der Waals surface area contributed by atoms with Crippen LogP contribution in [-0.2, 0) is 4.79 Å². The molecule has 90 valence electrons. The lowest BCUT2D eigenvalue weighted by atomic mass is 10.2. The van der Waals surface area contributed by atoms with Gasteiger partial charge in [0.05, 0.1) is 6.21 Å². The van der Waals surface area contributed by atoms with Gasteiger partial charge < -0.3 is 21.3 Å². The van der Waals surface area contributed by atoms with Crippen molar-refractivity contribution in [2.75, 3.05) is 6.61 Å². The summed E-state index contributed by atoms with van der Waals surface area (Å²) in [5.74, 6) is -0.745. The molecule has 0 aliphatic carbocycles. The van der Waals surface area contributed by atoms with E-state index in [1.165, 1.54) is 6.21 Å². The molecule has 0 saturated heterocycles. The zero-order chi connectivity index (χ0) is 12.7. The van der Waals surface area contributed by atoms with Crippen molar-refractivity contribution in [1.29, 1.82) is 0 Å². The number of hydrogen-bond donors (Lipinski definition) is 3. The first-order valence-corrected chi connectivity index (χ1v) is 4.64. The van der Waals surface area contributed by atoms with E-state index in [2.05, 4.69) is 10.2 Å². The fourth-order valence-corrected chi connectivity index (χ4v) is 0.992. The number of ether oxygens (including phenoxy) is 1. The third-order valence-corrected chi connectivity index (χ3v) is 1.60. The van der Waals surface area contributed by atoms with Crippen molar-refractivity contribution in [2.45, 2.75) is 0 Å². The zero-order valence-electron chi connectivity index (χ0n) is 8.91. The van der Waals surface area contributed by atoms with Gasteiger partial charge in [-0.2, -0.15) is 5.10 Å². The second-order valence-corrected chi connectivity index (χ2v) is 3.02. The Hall–Kier alpha value is -2.57. The molecule has 0 spiro atoms. The Labute approximate surface area is 97.4 Å². The Morgan fingerprint density at radius 2 is 2.24 bits per heavy atom. The molecular weight excluding hydrogens is 224 g/mol. The Balaban J connectivity index is 2.68. The van der Waals surface area contributed by atoms with Crippen LogP contribution in [-0.4, -0.2) is 29.9 Å². The first-order valence-electron chi connectivity index (χ1n) is 4.64. The fourth-order valence-electron chi connectivity index (χ4n) is 0.992. The molecule has 0 radical (unpaired) electrons. The Morgan fingerprint density at radius 3 is 2.88 bits per heavy atom. The summed E-state index contributed by atoms with van der Waals surface area (Å²) >= 11 is 0. The number of aliphatic carboxylic acids is 1. The first-order chi connectivity index (χ1) is 8.08. The van der Waals surface area contributed by atoms with Crippen molar-refractivity contribution in [2.24, 2.45) is 21.7 Å². The average Bonchev–Trinajstić information content (AvgIpc) is 2.26. The number of carbonyl (C=O) groups is 1. The van der Waals surface area contributed by atoms with Gasteiger partial charge in [0.1, 0.15) is 5.75 Å². The van der Waals surface area contributed by atoms with Crippen LogP contribution >= 0.6 is 0 Å². The smallest absolute Gasteiger partial charge is 0.341 e. The molecule has 0 heterocycles. The summed E-state index contributed by atoms with van der Waals surface area (Å²) < 4.78 is 4.99. The normalized spacial score (nSPS) is 10.1. The molecule has 0 amide bonds. The van der Waals surface area contributed by atoms with E-state index in [1.54, 1.807) is 24.3 Å². The van der Waals surface area contributed by atoms with E-state index < -0.39 is 12.6 Å². The molecule has 17 heavy (non-hydrogen) atoms. The minimum atomic E-state index is -1.04. The zero-order valence-corrected chi connectivity index (χ0v) is 8.91. The number of carboxylic acid groups (broad SMARTS) is 1. The second-order valence-electron chi connectivity index (χ2n) is 3.02. The van der Waals surface area contributed by atoms with Crippen LogP contribution in [0.25, 0.3) is 0 Å². The van der Waals surface area contributed by atoms with Crippen molar-refractivity contribution in [3.63, 3.8) is 0 Å². The lowest BCUT2D eigenvalue weighted by molar-refractivity contribution is -0.139. The van der Waals surface area contributed by atoms with E-state index in [9.17, 15) is 4.79 Å². The molecule has 7 nitrogen and oxygen atoms in total.